The van der Waals surface area contributed by atoms with Crippen LogP contribution in [0, 0.1) is 0 Å². The van der Waals surface area contributed by atoms with Crippen molar-refractivity contribution in [2.24, 2.45) is 0 Å². The first-order chi connectivity index (χ1) is 11.7. The Morgan fingerprint density at radius 2 is 1.68 bits per heavy atom. The highest BCUT2D eigenvalue weighted by Crippen LogP contribution is 2.26. The van der Waals surface area contributed by atoms with Crippen molar-refractivity contribution in [3.8, 4) is 0 Å². The van der Waals surface area contributed by atoms with Crippen molar-refractivity contribution >= 4 is 56.4 Å². The predicted molar refractivity (Wildman–Crippen MR) is 102 cm³/mol. The molecule has 134 valence electrons. The average Bonchev–Trinajstić information content (AvgIpc) is 2.49. The summed E-state index contributed by atoms with van der Waals surface area (Å²) in [7, 11) is -3.71. The number of nitrogens with one attached hydrogen (secondary N) is 1. The Labute approximate surface area is 161 Å². The monoisotopic (exact) mass is 420 g/mol. The fourth-order valence-electron chi connectivity index (χ4n) is 2.11. The number of nitrogens with zero attached hydrogens (tertiary/aromatic N) is 1. The van der Waals surface area contributed by atoms with Crippen LogP contribution in [0.3, 0.4) is 0 Å². The third-order valence-corrected chi connectivity index (χ3v) is 5.20. The van der Waals surface area contributed by atoms with Crippen LogP contribution in [0.25, 0.3) is 0 Å². The van der Waals surface area contributed by atoms with Gasteiger partial charge in [-0.1, -0.05) is 53.0 Å². The van der Waals surface area contributed by atoms with Crippen LogP contribution in [0.5, 0.6) is 0 Å². The van der Waals surface area contributed by atoms with Gasteiger partial charge in [0.15, 0.2) is 0 Å². The molecule has 2 aromatic rings. The molecule has 0 aliphatic heterocycles. The summed E-state index contributed by atoms with van der Waals surface area (Å²) < 4.78 is 25.1. The number of amides is 1. The first-order valence-electron chi connectivity index (χ1n) is 7.11. The van der Waals surface area contributed by atoms with Crippen LogP contribution in [0.2, 0.25) is 15.1 Å². The molecular formula is C16H15Cl3N2O3S. The number of carbonyl (C=O) groups excluding carboxylic acids is 1. The molecule has 9 heteroatoms. The van der Waals surface area contributed by atoms with E-state index in [2.05, 4.69) is 5.32 Å². The van der Waals surface area contributed by atoms with Crippen LogP contribution in [-0.4, -0.2) is 27.1 Å². The Hall–Kier alpha value is -1.47. The van der Waals surface area contributed by atoms with Crippen LogP contribution in [0.15, 0.2) is 42.5 Å². The Morgan fingerprint density at radius 1 is 1.08 bits per heavy atom. The lowest BCUT2D eigenvalue weighted by atomic mass is 10.2. The molecule has 0 radical (unpaired) electrons. The van der Waals surface area contributed by atoms with Crippen molar-refractivity contribution in [3.63, 3.8) is 0 Å². The number of carbonyl (C=O) groups is 1. The summed E-state index contributed by atoms with van der Waals surface area (Å²) in [5.74, 6) is -0.485. The molecule has 0 aromatic heterocycles. The van der Waals surface area contributed by atoms with E-state index in [1.54, 1.807) is 24.3 Å². The molecule has 0 saturated heterocycles. The lowest BCUT2D eigenvalue weighted by Gasteiger charge is -2.22. The number of hydrogen-bond donors (Lipinski definition) is 1. The maximum atomic E-state index is 12.2. The molecule has 0 fully saturated rings. The largest absolute Gasteiger partial charge is 0.350 e. The van der Waals surface area contributed by atoms with E-state index in [9.17, 15) is 13.2 Å². The molecule has 2 rings (SSSR count). The standard InChI is InChI=1S/C16H15Cl3N2O3S/c1-25(23,24)21(14-7-12(17)6-13(18)8-14)10-16(22)20-9-11-4-2-3-5-15(11)19/h2-8H,9-10H2,1H3,(H,20,22). The summed E-state index contributed by atoms with van der Waals surface area (Å²) in [6, 6.07) is 11.4. The highest BCUT2D eigenvalue weighted by atomic mass is 35.5. The molecule has 2 aromatic carbocycles. The summed E-state index contributed by atoms with van der Waals surface area (Å²) in [6.07, 6.45) is 1.00. The van der Waals surface area contributed by atoms with E-state index in [1.165, 1.54) is 18.2 Å². The number of sulfonamides is 1. The van der Waals surface area contributed by atoms with Crippen molar-refractivity contribution < 1.29 is 13.2 Å². The van der Waals surface area contributed by atoms with Gasteiger partial charge in [-0.25, -0.2) is 8.42 Å². The van der Waals surface area contributed by atoms with E-state index < -0.39 is 22.5 Å². The minimum atomic E-state index is -3.71. The minimum absolute atomic E-state index is 0.187. The van der Waals surface area contributed by atoms with Gasteiger partial charge in [-0.05, 0) is 29.8 Å². The minimum Gasteiger partial charge on any atom is -0.350 e. The van der Waals surface area contributed by atoms with E-state index in [0.29, 0.717) is 5.02 Å². The topological polar surface area (TPSA) is 66.5 Å². The lowest BCUT2D eigenvalue weighted by Crippen LogP contribution is -2.40. The third kappa shape index (κ3) is 5.78. The number of halogens is 3. The van der Waals surface area contributed by atoms with Gasteiger partial charge >= 0.3 is 0 Å². The number of anilines is 1. The Kier molecular flexibility index (Phi) is 6.57. The van der Waals surface area contributed by atoms with Gasteiger partial charge in [-0.2, -0.15) is 0 Å². The summed E-state index contributed by atoms with van der Waals surface area (Å²) in [5.41, 5.74) is 0.946. The van der Waals surface area contributed by atoms with Crippen molar-refractivity contribution in [1.29, 1.82) is 0 Å². The third-order valence-electron chi connectivity index (χ3n) is 3.26. The van der Waals surface area contributed by atoms with E-state index >= 15 is 0 Å². The molecule has 0 heterocycles. The molecule has 0 aliphatic carbocycles. The summed E-state index contributed by atoms with van der Waals surface area (Å²) in [6.45, 7) is -0.216. The summed E-state index contributed by atoms with van der Waals surface area (Å²) in [5, 5.41) is 3.71. The van der Waals surface area contributed by atoms with Gasteiger partial charge in [0.1, 0.15) is 6.54 Å². The first-order valence-corrected chi connectivity index (χ1v) is 10.1. The predicted octanol–water partition coefficient (Wildman–Crippen LogP) is 3.73. The normalized spacial score (nSPS) is 11.2. The first kappa shape index (κ1) is 19.8. The van der Waals surface area contributed by atoms with E-state index in [1.807, 2.05) is 0 Å². The molecule has 1 N–H and O–H groups in total. The number of benzene rings is 2. The van der Waals surface area contributed by atoms with Crippen molar-refractivity contribution in [1.82, 2.24) is 5.32 Å². The van der Waals surface area contributed by atoms with Crippen molar-refractivity contribution in [2.75, 3.05) is 17.1 Å². The molecular weight excluding hydrogens is 407 g/mol. The van der Waals surface area contributed by atoms with Gasteiger partial charge in [0, 0.05) is 21.6 Å². The van der Waals surface area contributed by atoms with E-state index in [4.69, 9.17) is 34.8 Å². The molecule has 1 amide bonds. The SMILES string of the molecule is CS(=O)(=O)N(CC(=O)NCc1ccccc1Cl)c1cc(Cl)cc(Cl)c1. The van der Waals surface area contributed by atoms with Gasteiger partial charge in [0.05, 0.1) is 11.9 Å². The maximum absolute atomic E-state index is 12.2. The smallest absolute Gasteiger partial charge is 0.241 e. The summed E-state index contributed by atoms with van der Waals surface area (Å²) >= 11 is 17.9. The second kappa shape index (κ2) is 8.27. The molecule has 0 spiro atoms. The Balaban J connectivity index is 2.15. The average molecular weight is 422 g/mol. The van der Waals surface area contributed by atoms with Gasteiger partial charge in [0.25, 0.3) is 0 Å². The Bertz CT molecular complexity index is 868. The highest BCUT2D eigenvalue weighted by molar-refractivity contribution is 7.92. The van der Waals surface area contributed by atoms with Gasteiger partial charge in [0.2, 0.25) is 15.9 Å². The Morgan fingerprint density at radius 3 is 2.24 bits per heavy atom. The van der Waals surface area contributed by atoms with E-state index in [-0.39, 0.29) is 22.3 Å². The second-order valence-electron chi connectivity index (χ2n) is 5.27. The van der Waals surface area contributed by atoms with Crippen LogP contribution in [0.1, 0.15) is 5.56 Å². The maximum Gasteiger partial charge on any atom is 0.241 e. The van der Waals surface area contributed by atoms with Crippen LogP contribution >= 0.6 is 34.8 Å². The van der Waals surface area contributed by atoms with Crippen LogP contribution in [0.4, 0.5) is 5.69 Å². The van der Waals surface area contributed by atoms with E-state index in [0.717, 1.165) is 16.1 Å². The van der Waals surface area contributed by atoms with Gasteiger partial charge in [-0.15, -0.1) is 0 Å². The molecule has 5 nitrogen and oxygen atoms in total. The van der Waals surface area contributed by atoms with Gasteiger partial charge < -0.3 is 5.32 Å². The molecule has 0 unspecified atom stereocenters. The molecule has 0 atom stereocenters. The fourth-order valence-corrected chi connectivity index (χ4v) is 3.66. The van der Waals surface area contributed by atoms with Crippen molar-refractivity contribution in [3.05, 3.63) is 63.1 Å². The molecule has 0 aliphatic rings. The second-order valence-corrected chi connectivity index (χ2v) is 8.45. The number of rotatable bonds is 6. The molecule has 0 bridgehead atoms. The fraction of sp³-hybridized carbons (Fsp3) is 0.188. The van der Waals surface area contributed by atoms with Crippen LogP contribution in [-0.2, 0) is 21.4 Å². The number of hydrogen-bond acceptors (Lipinski definition) is 3. The van der Waals surface area contributed by atoms with Crippen molar-refractivity contribution in [2.45, 2.75) is 6.54 Å². The zero-order valence-corrected chi connectivity index (χ0v) is 16.3. The zero-order valence-electron chi connectivity index (χ0n) is 13.2. The quantitative estimate of drug-likeness (QED) is 0.773. The molecule has 0 saturated carbocycles. The molecule has 25 heavy (non-hydrogen) atoms. The van der Waals surface area contributed by atoms with Crippen LogP contribution < -0.4 is 9.62 Å². The summed E-state index contributed by atoms with van der Waals surface area (Å²) in [4.78, 5) is 12.2. The van der Waals surface area contributed by atoms with Gasteiger partial charge in [-0.3, -0.25) is 9.10 Å². The zero-order chi connectivity index (χ0) is 18.6. The highest BCUT2D eigenvalue weighted by Gasteiger charge is 2.21. The lowest BCUT2D eigenvalue weighted by molar-refractivity contribution is -0.119.